The lowest BCUT2D eigenvalue weighted by molar-refractivity contribution is -0.121. The summed E-state index contributed by atoms with van der Waals surface area (Å²) in [6.07, 6.45) is 1.22. The van der Waals surface area contributed by atoms with Crippen LogP contribution >= 0.6 is 0 Å². The molecule has 6 rings (SSSR count). The highest BCUT2D eigenvalue weighted by atomic mass is 32.2. The first-order chi connectivity index (χ1) is 25.3. The van der Waals surface area contributed by atoms with Crippen molar-refractivity contribution in [1.82, 2.24) is 5.32 Å². The maximum atomic E-state index is 15.3. The van der Waals surface area contributed by atoms with Crippen LogP contribution in [0.4, 0.5) is 5.69 Å². The van der Waals surface area contributed by atoms with Crippen LogP contribution in [0.15, 0.2) is 102 Å². The van der Waals surface area contributed by atoms with E-state index in [1.165, 1.54) is 29.2 Å². The van der Waals surface area contributed by atoms with Crippen LogP contribution in [0.1, 0.15) is 47.1 Å². The number of anilines is 1. The van der Waals surface area contributed by atoms with Crippen molar-refractivity contribution in [2.45, 2.75) is 47.7 Å². The third kappa shape index (κ3) is 8.29. The zero-order chi connectivity index (χ0) is 37.8. The van der Waals surface area contributed by atoms with E-state index in [1.807, 2.05) is 61.5 Å². The molecule has 4 aromatic carbocycles. The summed E-state index contributed by atoms with van der Waals surface area (Å²) >= 11 is 0. The first kappa shape index (κ1) is 38.5. The zero-order valence-electron chi connectivity index (χ0n) is 30.4. The fourth-order valence-corrected chi connectivity index (χ4v) is 10.9. The van der Waals surface area contributed by atoms with Gasteiger partial charge in [-0.05, 0) is 67.3 Å². The summed E-state index contributed by atoms with van der Waals surface area (Å²) in [5.41, 5.74) is 3.17. The van der Waals surface area contributed by atoms with Gasteiger partial charge in [0.25, 0.3) is 5.91 Å². The average molecular weight is 763 g/mol. The smallest absolute Gasteiger partial charge is 0.265 e. The Bertz CT molecular complexity index is 2110. The Morgan fingerprint density at radius 2 is 1.62 bits per heavy atom. The molecule has 282 valence electrons. The Kier molecular flexibility index (Phi) is 11.6. The number of sulfone groups is 2. The normalized spacial score (nSPS) is 20.3. The van der Waals surface area contributed by atoms with Gasteiger partial charge in [-0.2, -0.15) is 0 Å². The largest absolute Gasteiger partial charge is 0.497 e. The second kappa shape index (κ2) is 16.0. The SMILES string of the molecule is COCCCN1C(=O)COc2ccc(C(CS(C)(=O)=O)(O[C@H]3CN[C@H](c4ccccc4)C[C@@H]3c3ccc(OC)cc3)S(=O)(=O)c3ccc(C)cc3)cc21. The fraction of sp³-hybridized carbons (Fsp3) is 0.375. The molecule has 11 nitrogen and oxygen atoms in total. The van der Waals surface area contributed by atoms with E-state index < -0.39 is 36.5 Å². The summed E-state index contributed by atoms with van der Waals surface area (Å²) in [6.45, 7) is 2.54. The number of aryl methyl sites for hydroxylation is 1. The van der Waals surface area contributed by atoms with E-state index in [2.05, 4.69) is 5.32 Å². The van der Waals surface area contributed by atoms with Crippen molar-refractivity contribution in [3.8, 4) is 11.5 Å². The second-order valence-corrected chi connectivity index (χ2v) is 17.9. The number of amides is 1. The van der Waals surface area contributed by atoms with Crippen LogP contribution in [-0.2, 0) is 38.9 Å². The van der Waals surface area contributed by atoms with Crippen molar-refractivity contribution in [3.05, 3.63) is 119 Å². The highest BCUT2D eigenvalue weighted by Crippen LogP contribution is 2.47. The standard InChI is InChI=1S/C40H46N2O9S2/c1-28-11-18-33(19-12-28)53(46,47)40(27-52(4,44)45,31-15-20-37-36(23-31)42(21-8-22-48-2)39(43)26-50-37)51-38-25-41-35(30-9-6-5-7-10-30)24-34(38)29-13-16-32(49-3)17-14-29/h5-7,9-20,23,34-35,38,41H,8,21-22,24-27H2,1-4H3/t34-,35+,38+,40?/m1/s1. The Hall–Kier alpha value is -4.27. The molecule has 0 saturated carbocycles. The van der Waals surface area contributed by atoms with Gasteiger partial charge < -0.3 is 29.2 Å². The summed E-state index contributed by atoms with van der Waals surface area (Å²) in [5.74, 6) is -0.541. The van der Waals surface area contributed by atoms with E-state index in [9.17, 15) is 13.2 Å². The van der Waals surface area contributed by atoms with Gasteiger partial charge in [0.05, 0.1) is 29.5 Å². The second-order valence-electron chi connectivity index (χ2n) is 13.6. The highest BCUT2D eigenvalue weighted by molar-refractivity contribution is 7.95. The number of fused-ring (bicyclic) bond motifs is 1. The maximum Gasteiger partial charge on any atom is 0.265 e. The van der Waals surface area contributed by atoms with E-state index in [1.54, 1.807) is 32.4 Å². The van der Waals surface area contributed by atoms with Crippen LogP contribution in [0.2, 0.25) is 0 Å². The lowest BCUT2D eigenvalue weighted by Gasteiger charge is -2.43. The van der Waals surface area contributed by atoms with Crippen molar-refractivity contribution < 1.29 is 40.6 Å². The van der Waals surface area contributed by atoms with Crippen LogP contribution in [0.3, 0.4) is 0 Å². The molecule has 0 radical (unpaired) electrons. The molecule has 2 aliphatic heterocycles. The Morgan fingerprint density at radius 1 is 0.906 bits per heavy atom. The molecule has 4 aromatic rings. The molecular weight excluding hydrogens is 717 g/mol. The number of nitrogens with one attached hydrogen (secondary N) is 1. The molecule has 0 spiro atoms. The number of carbonyl (C=O) groups excluding carboxylic acids is 1. The number of nitrogens with zero attached hydrogens (tertiary/aromatic N) is 1. The number of methoxy groups -OCH3 is 2. The molecule has 1 unspecified atom stereocenters. The molecule has 2 heterocycles. The minimum absolute atomic E-state index is 0.0657. The molecule has 13 heteroatoms. The van der Waals surface area contributed by atoms with Gasteiger partial charge in [0.15, 0.2) is 16.4 Å². The van der Waals surface area contributed by atoms with Gasteiger partial charge in [0.1, 0.15) is 11.5 Å². The Morgan fingerprint density at radius 3 is 2.28 bits per heavy atom. The lowest BCUT2D eigenvalue weighted by Crippen LogP contribution is -2.52. The molecule has 1 amide bonds. The van der Waals surface area contributed by atoms with Gasteiger partial charge >= 0.3 is 0 Å². The molecule has 0 aromatic heterocycles. The summed E-state index contributed by atoms with van der Waals surface area (Å²) in [5, 5.41) is 3.56. The molecular formula is C40H46N2O9S2. The summed E-state index contributed by atoms with van der Waals surface area (Å²) in [7, 11) is -5.54. The molecule has 2 aliphatic rings. The van der Waals surface area contributed by atoms with Gasteiger partial charge in [-0.25, -0.2) is 16.8 Å². The van der Waals surface area contributed by atoms with E-state index in [0.29, 0.717) is 36.6 Å². The minimum atomic E-state index is -4.64. The van der Waals surface area contributed by atoms with Crippen LogP contribution in [-0.4, -0.2) is 81.4 Å². The zero-order valence-corrected chi connectivity index (χ0v) is 32.0. The van der Waals surface area contributed by atoms with Gasteiger partial charge in [-0.3, -0.25) is 4.79 Å². The topological polar surface area (TPSA) is 138 Å². The third-order valence-electron chi connectivity index (χ3n) is 9.88. The number of rotatable bonds is 14. The van der Waals surface area contributed by atoms with Gasteiger partial charge in [-0.15, -0.1) is 0 Å². The monoisotopic (exact) mass is 762 g/mol. The fourth-order valence-electron chi connectivity index (χ4n) is 7.18. The number of ether oxygens (including phenoxy) is 4. The lowest BCUT2D eigenvalue weighted by atomic mass is 9.82. The summed E-state index contributed by atoms with van der Waals surface area (Å²) < 4.78 is 81.2. The van der Waals surface area contributed by atoms with Crippen molar-refractivity contribution in [2.75, 3.05) is 57.4 Å². The van der Waals surface area contributed by atoms with Crippen molar-refractivity contribution in [3.63, 3.8) is 0 Å². The van der Waals surface area contributed by atoms with Crippen LogP contribution in [0, 0.1) is 6.92 Å². The number of carbonyl (C=O) groups is 1. The van der Waals surface area contributed by atoms with Crippen molar-refractivity contribution in [2.24, 2.45) is 0 Å². The number of benzene rings is 4. The molecule has 1 saturated heterocycles. The average Bonchev–Trinajstić information content (AvgIpc) is 3.15. The van der Waals surface area contributed by atoms with E-state index >= 15 is 8.42 Å². The first-order valence-corrected chi connectivity index (χ1v) is 21.1. The predicted octanol–water partition coefficient (Wildman–Crippen LogP) is 5.34. The predicted molar refractivity (Wildman–Crippen MR) is 203 cm³/mol. The molecule has 53 heavy (non-hydrogen) atoms. The van der Waals surface area contributed by atoms with Crippen LogP contribution < -0.4 is 19.7 Å². The molecule has 1 fully saturated rings. The summed E-state index contributed by atoms with van der Waals surface area (Å²) in [4.78, 5) is 12.2. The van der Waals surface area contributed by atoms with Crippen molar-refractivity contribution in [1.29, 1.82) is 0 Å². The molecule has 4 atom stereocenters. The van der Waals surface area contributed by atoms with E-state index in [4.69, 9.17) is 18.9 Å². The number of piperidine rings is 1. The van der Waals surface area contributed by atoms with Crippen molar-refractivity contribution >= 4 is 31.3 Å². The first-order valence-electron chi connectivity index (χ1n) is 17.5. The quantitative estimate of drug-likeness (QED) is 0.168. The minimum Gasteiger partial charge on any atom is -0.497 e. The maximum absolute atomic E-state index is 15.3. The molecule has 0 bridgehead atoms. The highest BCUT2D eigenvalue weighted by Gasteiger charge is 2.53. The van der Waals surface area contributed by atoms with Gasteiger partial charge in [0.2, 0.25) is 14.8 Å². The van der Waals surface area contributed by atoms with Crippen LogP contribution in [0.25, 0.3) is 0 Å². The summed E-state index contributed by atoms with van der Waals surface area (Å²) in [6, 6.07) is 28.3. The number of hydrogen-bond acceptors (Lipinski definition) is 10. The number of hydrogen-bond donors (Lipinski definition) is 1. The Balaban J connectivity index is 1.54. The van der Waals surface area contributed by atoms with Gasteiger partial charge in [0, 0.05) is 50.6 Å². The van der Waals surface area contributed by atoms with E-state index in [-0.39, 0.29) is 48.0 Å². The van der Waals surface area contributed by atoms with Crippen LogP contribution in [0.5, 0.6) is 11.5 Å². The third-order valence-corrected chi connectivity index (χ3v) is 13.2. The Labute approximate surface area is 312 Å². The molecule has 0 aliphatic carbocycles. The molecule has 1 N–H and O–H groups in total. The van der Waals surface area contributed by atoms with Gasteiger partial charge in [-0.1, -0.05) is 66.2 Å². The van der Waals surface area contributed by atoms with E-state index in [0.717, 1.165) is 22.9 Å².